The van der Waals surface area contributed by atoms with Gasteiger partial charge in [-0.05, 0) is 30.1 Å². The first kappa shape index (κ1) is 21.1. The quantitative estimate of drug-likeness (QED) is 0.656. The summed E-state index contributed by atoms with van der Waals surface area (Å²) in [7, 11) is 0. The normalized spacial score (nSPS) is 13.2. The molecule has 5 nitrogen and oxygen atoms in total. The topological polar surface area (TPSA) is 61.4 Å². The van der Waals surface area contributed by atoms with Crippen LogP contribution in [0.3, 0.4) is 0 Å². The van der Waals surface area contributed by atoms with Crippen molar-refractivity contribution >= 4 is 23.2 Å². The molecule has 0 bridgehead atoms. The third-order valence-electron chi connectivity index (χ3n) is 4.58. The summed E-state index contributed by atoms with van der Waals surface area (Å²) >= 11 is 1.55. The number of nitrogens with one attached hydrogen (secondary N) is 2. The first-order chi connectivity index (χ1) is 13.0. The van der Waals surface area contributed by atoms with Gasteiger partial charge < -0.3 is 10.6 Å². The van der Waals surface area contributed by atoms with Crippen LogP contribution in [0.5, 0.6) is 0 Å². The number of nitrogens with zero attached hydrogens (tertiary/aromatic N) is 1. The summed E-state index contributed by atoms with van der Waals surface area (Å²) < 4.78 is 0. The number of benzene rings is 1. The maximum atomic E-state index is 12.6. The molecule has 6 heteroatoms. The van der Waals surface area contributed by atoms with Crippen LogP contribution in [0, 0.1) is 0 Å². The lowest BCUT2D eigenvalue weighted by molar-refractivity contribution is -0.123. The summed E-state index contributed by atoms with van der Waals surface area (Å²) in [6.45, 7) is 8.10. The highest BCUT2D eigenvalue weighted by molar-refractivity contribution is 7.10. The monoisotopic (exact) mass is 387 g/mol. The first-order valence-electron chi connectivity index (χ1n) is 9.41. The van der Waals surface area contributed by atoms with Crippen molar-refractivity contribution in [3.63, 3.8) is 0 Å². The zero-order chi connectivity index (χ0) is 19.6. The van der Waals surface area contributed by atoms with Crippen molar-refractivity contribution < 1.29 is 9.59 Å². The smallest absolute Gasteiger partial charge is 0.222 e. The van der Waals surface area contributed by atoms with E-state index in [0.717, 1.165) is 18.0 Å². The van der Waals surface area contributed by atoms with Crippen LogP contribution in [-0.4, -0.2) is 36.3 Å². The van der Waals surface area contributed by atoms with Gasteiger partial charge in [0, 0.05) is 18.3 Å². The second-order valence-corrected chi connectivity index (χ2v) is 7.40. The standard InChI is InChI=1S/C21H29N3O2S/c1-4-24(5-2)19(17-10-7-6-8-11-17)15-22-21(26)14-18(23-16(3)25)20-12-9-13-27-20/h6-13,18-19H,4-5,14-15H2,1-3H3,(H,22,26)(H,23,25). The molecule has 1 aromatic carbocycles. The average Bonchev–Trinajstić information content (AvgIpc) is 3.19. The fraction of sp³-hybridized carbons (Fsp3) is 0.429. The largest absolute Gasteiger partial charge is 0.354 e. The van der Waals surface area contributed by atoms with Gasteiger partial charge in [-0.15, -0.1) is 11.3 Å². The van der Waals surface area contributed by atoms with Gasteiger partial charge >= 0.3 is 0 Å². The van der Waals surface area contributed by atoms with Gasteiger partial charge in [0.15, 0.2) is 0 Å². The first-order valence-corrected chi connectivity index (χ1v) is 10.3. The van der Waals surface area contributed by atoms with E-state index in [1.807, 2.05) is 35.7 Å². The average molecular weight is 388 g/mol. The summed E-state index contributed by atoms with van der Waals surface area (Å²) in [5, 5.41) is 7.90. The molecule has 0 saturated heterocycles. The summed E-state index contributed by atoms with van der Waals surface area (Å²) in [6, 6.07) is 14.0. The van der Waals surface area contributed by atoms with E-state index < -0.39 is 0 Å². The van der Waals surface area contributed by atoms with E-state index >= 15 is 0 Å². The van der Waals surface area contributed by atoms with E-state index in [2.05, 4.69) is 41.5 Å². The molecule has 2 rings (SSSR count). The maximum Gasteiger partial charge on any atom is 0.222 e. The van der Waals surface area contributed by atoms with Gasteiger partial charge in [-0.2, -0.15) is 0 Å². The molecule has 0 aliphatic heterocycles. The second-order valence-electron chi connectivity index (χ2n) is 6.42. The number of hydrogen-bond donors (Lipinski definition) is 2. The molecule has 27 heavy (non-hydrogen) atoms. The Hall–Kier alpha value is -2.18. The predicted octanol–water partition coefficient (Wildman–Crippen LogP) is 3.51. The Bertz CT molecular complexity index is 699. The zero-order valence-electron chi connectivity index (χ0n) is 16.3. The summed E-state index contributed by atoms with van der Waals surface area (Å²) in [5.41, 5.74) is 1.19. The molecule has 0 radical (unpaired) electrons. The van der Waals surface area contributed by atoms with Crippen LogP contribution >= 0.6 is 11.3 Å². The molecule has 1 aromatic heterocycles. The molecule has 2 atom stereocenters. The lowest BCUT2D eigenvalue weighted by atomic mass is 10.0. The Morgan fingerprint density at radius 3 is 2.33 bits per heavy atom. The van der Waals surface area contributed by atoms with Crippen LogP contribution in [0.1, 0.15) is 49.7 Å². The molecule has 0 aliphatic carbocycles. The lowest BCUT2D eigenvalue weighted by Crippen LogP contribution is -2.39. The van der Waals surface area contributed by atoms with Crippen LogP contribution in [-0.2, 0) is 9.59 Å². The molecule has 2 N–H and O–H groups in total. The Morgan fingerprint density at radius 2 is 1.78 bits per heavy atom. The second kappa shape index (κ2) is 10.8. The zero-order valence-corrected chi connectivity index (χ0v) is 17.1. The van der Waals surface area contributed by atoms with Gasteiger partial charge in [0.05, 0.1) is 18.5 Å². The van der Waals surface area contributed by atoms with Crippen molar-refractivity contribution in [3.8, 4) is 0 Å². The third kappa shape index (κ3) is 6.48. The Kier molecular flexibility index (Phi) is 8.48. The lowest BCUT2D eigenvalue weighted by Gasteiger charge is -2.30. The molecule has 0 saturated carbocycles. The molecule has 0 aliphatic rings. The minimum absolute atomic E-state index is 0.0600. The van der Waals surface area contributed by atoms with Crippen molar-refractivity contribution in [3.05, 3.63) is 58.3 Å². The van der Waals surface area contributed by atoms with Crippen LogP contribution in [0.15, 0.2) is 47.8 Å². The minimum atomic E-state index is -0.286. The van der Waals surface area contributed by atoms with E-state index in [1.54, 1.807) is 11.3 Å². The van der Waals surface area contributed by atoms with E-state index in [1.165, 1.54) is 12.5 Å². The van der Waals surface area contributed by atoms with E-state index in [-0.39, 0.29) is 30.3 Å². The van der Waals surface area contributed by atoms with Crippen LogP contribution < -0.4 is 10.6 Å². The van der Waals surface area contributed by atoms with Gasteiger partial charge in [-0.3, -0.25) is 14.5 Å². The Balaban J connectivity index is 2.02. The van der Waals surface area contributed by atoms with E-state index in [9.17, 15) is 9.59 Å². The summed E-state index contributed by atoms with van der Waals surface area (Å²) in [4.78, 5) is 27.4. The SMILES string of the molecule is CCN(CC)C(CNC(=O)CC(NC(C)=O)c1cccs1)c1ccccc1. The van der Waals surface area contributed by atoms with Gasteiger partial charge in [-0.1, -0.05) is 50.2 Å². The van der Waals surface area contributed by atoms with Crippen LogP contribution in [0.4, 0.5) is 0 Å². The molecule has 2 unspecified atom stereocenters. The van der Waals surface area contributed by atoms with Crippen LogP contribution in [0.25, 0.3) is 0 Å². The fourth-order valence-electron chi connectivity index (χ4n) is 3.22. The van der Waals surface area contributed by atoms with Gasteiger partial charge in [-0.25, -0.2) is 0 Å². The molecule has 146 valence electrons. The summed E-state index contributed by atoms with van der Waals surface area (Å²) in [6.07, 6.45) is 0.236. The van der Waals surface area contributed by atoms with E-state index in [0.29, 0.717) is 6.54 Å². The highest BCUT2D eigenvalue weighted by atomic mass is 32.1. The van der Waals surface area contributed by atoms with Crippen molar-refractivity contribution in [1.29, 1.82) is 0 Å². The highest BCUT2D eigenvalue weighted by Crippen LogP contribution is 2.23. The molecule has 0 fully saturated rings. The number of hydrogen-bond acceptors (Lipinski definition) is 4. The number of rotatable bonds is 10. The Morgan fingerprint density at radius 1 is 1.07 bits per heavy atom. The number of amides is 2. The van der Waals surface area contributed by atoms with Crippen molar-refractivity contribution in [2.75, 3.05) is 19.6 Å². The van der Waals surface area contributed by atoms with Crippen LogP contribution in [0.2, 0.25) is 0 Å². The predicted molar refractivity (Wildman–Crippen MR) is 111 cm³/mol. The highest BCUT2D eigenvalue weighted by Gasteiger charge is 2.21. The fourth-order valence-corrected chi connectivity index (χ4v) is 4.00. The number of carbonyl (C=O) groups excluding carboxylic acids is 2. The molecule has 2 aromatic rings. The van der Waals surface area contributed by atoms with Gasteiger partial charge in [0.1, 0.15) is 0 Å². The summed E-state index contributed by atoms with van der Waals surface area (Å²) in [5.74, 6) is -0.193. The van der Waals surface area contributed by atoms with Crippen molar-refractivity contribution in [2.45, 2.75) is 39.3 Å². The van der Waals surface area contributed by atoms with Crippen molar-refractivity contribution in [1.82, 2.24) is 15.5 Å². The molecule has 1 heterocycles. The maximum absolute atomic E-state index is 12.6. The van der Waals surface area contributed by atoms with Gasteiger partial charge in [0.2, 0.25) is 11.8 Å². The molecule has 0 spiro atoms. The van der Waals surface area contributed by atoms with E-state index in [4.69, 9.17) is 0 Å². The van der Waals surface area contributed by atoms with Gasteiger partial charge in [0.25, 0.3) is 0 Å². The number of likely N-dealkylation sites (N-methyl/N-ethyl adjacent to an activating group) is 1. The third-order valence-corrected chi connectivity index (χ3v) is 5.57. The number of carbonyl (C=O) groups is 2. The molecular weight excluding hydrogens is 358 g/mol. The van der Waals surface area contributed by atoms with Crippen molar-refractivity contribution in [2.24, 2.45) is 0 Å². The minimum Gasteiger partial charge on any atom is -0.354 e. The Labute approximate surface area is 165 Å². The number of thiophene rings is 1. The molecular formula is C21H29N3O2S. The molecule has 2 amide bonds.